The summed E-state index contributed by atoms with van der Waals surface area (Å²) in [5.74, 6) is 0.742. The Balaban J connectivity index is 2.56. The molecule has 90 valence electrons. The van der Waals surface area contributed by atoms with Crippen molar-refractivity contribution in [1.82, 2.24) is 14.9 Å². The van der Waals surface area contributed by atoms with Gasteiger partial charge in [0.05, 0.1) is 4.47 Å². The zero-order valence-corrected chi connectivity index (χ0v) is 12.0. The summed E-state index contributed by atoms with van der Waals surface area (Å²) in [6.45, 7) is 3.15. The van der Waals surface area contributed by atoms with Crippen LogP contribution in [0.25, 0.3) is 0 Å². The number of rotatable bonds is 5. The van der Waals surface area contributed by atoms with Crippen molar-refractivity contribution in [3.63, 3.8) is 0 Å². The van der Waals surface area contributed by atoms with Crippen molar-refractivity contribution in [3.8, 4) is 0 Å². The minimum Gasteiger partial charge on any atom is -0.366 e. The molecule has 0 saturated carbocycles. The predicted octanol–water partition coefficient (Wildman–Crippen LogP) is 2.64. The van der Waals surface area contributed by atoms with E-state index in [-0.39, 0.29) is 0 Å². The number of hydrogen-bond donors (Lipinski definition) is 1. The Hall–Kier alpha value is -0.390. The van der Waals surface area contributed by atoms with Crippen molar-refractivity contribution in [2.45, 2.75) is 19.4 Å². The lowest BCUT2D eigenvalue weighted by molar-refractivity contribution is 0.390. The zero-order chi connectivity index (χ0) is 12.1. The summed E-state index contributed by atoms with van der Waals surface area (Å²) < 4.78 is 0.716. The first-order valence-electron chi connectivity index (χ1n) is 5.08. The molecule has 0 aliphatic rings. The van der Waals surface area contributed by atoms with Crippen molar-refractivity contribution >= 4 is 33.3 Å². The molecular formula is C10H16BrClN4. The monoisotopic (exact) mass is 306 g/mol. The fourth-order valence-electron chi connectivity index (χ4n) is 1.21. The quantitative estimate of drug-likeness (QED) is 0.849. The lowest BCUT2D eigenvalue weighted by Gasteiger charge is -2.17. The molecule has 0 aliphatic carbocycles. The zero-order valence-electron chi connectivity index (χ0n) is 9.67. The highest BCUT2D eigenvalue weighted by Crippen LogP contribution is 2.26. The molecule has 1 aromatic heterocycles. The van der Waals surface area contributed by atoms with Crippen LogP contribution in [0.15, 0.2) is 10.8 Å². The fraction of sp³-hybridized carbons (Fsp3) is 0.600. The average molecular weight is 308 g/mol. The standard InChI is InChI=1S/C10H16BrClN4/c1-7(4-5-16(2)3)15-10-8(11)9(12)13-6-14-10/h6-7H,4-5H2,1-3H3,(H,13,14,15). The van der Waals surface area contributed by atoms with Gasteiger partial charge in [0.25, 0.3) is 0 Å². The molecule has 0 fully saturated rings. The first-order chi connectivity index (χ1) is 7.50. The van der Waals surface area contributed by atoms with Crippen LogP contribution in [0.2, 0.25) is 5.15 Å². The van der Waals surface area contributed by atoms with Gasteiger partial charge in [0.2, 0.25) is 0 Å². The van der Waals surface area contributed by atoms with E-state index in [0.29, 0.717) is 15.7 Å². The summed E-state index contributed by atoms with van der Waals surface area (Å²) in [6.07, 6.45) is 2.50. The van der Waals surface area contributed by atoms with E-state index in [0.717, 1.165) is 18.8 Å². The van der Waals surface area contributed by atoms with Crippen LogP contribution >= 0.6 is 27.5 Å². The molecular weight excluding hydrogens is 291 g/mol. The SMILES string of the molecule is CC(CCN(C)C)Nc1ncnc(Cl)c1Br. The molecule has 1 unspecified atom stereocenters. The van der Waals surface area contributed by atoms with E-state index in [2.05, 4.69) is 57.1 Å². The molecule has 1 N–H and O–H groups in total. The number of nitrogens with one attached hydrogen (secondary N) is 1. The van der Waals surface area contributed by atoms with Crippen LogP contribution in [0.4, 0.5) is 5.82 Å². The topological polar surface area (TPSA) is 41.0 Å². The van der Waals surface area contributed by atoms with Crippen LogP contribution in [0.3, 0.4) is 0 Å². The summed E-state index contributed by atoms with van der Waals surface area (Å²) in [4.78, 5) is 10.2. The van der Waals surface area contributed by atoms with Gasteiger partial charge >= 0.3 is 0 Å². The molecule has 1 rings (SSSR count). The number of nitrogens with zero attached hydrogens (tertiary/aromatic N) is 3. The summed E-state index contributed by atoms with van der Waals surface area (Å²) in [5, 5.41) is 3.73. The molecule has 0 saturated heterocycles. The van der Waals surface area contributed by atoms with E-state index < -0.39 is 0 Å². The van der Waals surface area contributed by atoms with Crippen LogP contribution in [0.1, 0.15) is 13.3 Å². The van der Waals surface area contributed by atoms with Gasteiger partial charge in [-0.3, -0.25) is 0 Å². The van der Waals surface area contributed by atoms with Gasteiger partial charge in [-0.1, -0.05) is 11.6 Å². The predicted molar refractivity (Wildman–Crippen MR) is 71.0 cm³/mol. The lowest BCUT2D eigenvalue weighted by Crippen LogP contribution is -2.23. The van der Waals surface area contributed by atoms with Gasteiger partial charge in [0, 0.05) is 6.04 Å². The van der Waals surface area contributed by atoms with Crippen LogP contribution in [0.5, 0.6) is 0 Å². The van der Waals surface area contributed by atoms with Gasteiger partial charge in [-0.15, -0.1) is 0 Å². The maximum Gasteiger partial charge on any atom is 0.148 e. The maximum atomic E-state index is 5.88. The summed E-state index contributed by atoms with van der Waals surface area (Å²) in [5.41, 5.74) is 0. The van der Waals surface area contributed by atoms with Crippen LogP contribution in [-0.2, 0) is 0 Å². The Labute approximate surface area is 110 Å². The van der Waals surface area contributed by atoms with Gasteiger partial charge in [-0.05, 0) is 49.9 Å². The van der Waals surface area contributed by atoms with Crippen molar-refractivity contribution in [2.75, 3.05) is 26.0 Å². The Bertz CT molecular complexity index is 346. The van der Waals surface area contributed by atoms with Gasteiger partial charge in [-0.2, -0.15) is 0 Å². The third-order valence-electron chi connectivity index (χ3n) is 2.14. The lowest BCUT2D eigenvalue weighted by atomic mass is 10.2. The molecule has 0 aromatic carbocycles. The van der Waals surface area contributed by atoms with E-state index in [1.54, 1.807) is 0 Å². The van der Waals surface area contributed by atoms with Crippen molar-refractivity contribution in [3.05, 3.63) is 16.0 Å². The number of anilines is 1. The third kappa shape index (κ3) is 4.23. The Morgan fingerprint density at radius 2 is 2.19 bits per heavy atom. The Kier molecular flexibility index (Phi) is 5.44. The van der Waals surface area contributed by atoms with Gasteiger partial charge in [0.15, 0.2) is 0 Å². The smallest absolute Gasteiger partial charge is 0.148 e. The largest absolute Gasteiger partial charge is 0.366 e. The normalized spacial score (nSPS) is 12.9. The van der Waals surface area contributed by atoms with Crippen molar-refractivity contribution in [1.29, 1.82) is 0 Å². The molecule has 16 heavy (non-hydrogen) atoms. The highest BCUT2D eigenvalue weighted by atomic mass is 79.9. The van der Waals surface area contributed by atoms with E-state index >= 15 is 0 Å². The summed E-state index contributed by atoms with van der Waals surface area (Å²) in [6, 6.07) is 0.338. The van der Waals surface area contributed by atoms with Crippen molar-refractivity contribution in [2.24, 2.45) is 0 Å². The molecule has 1 heterocycles. The minimum atomic E-state index is 0.338. The van der Waals surface area contributed by atoms with Gasteiger partial charge in [0.1, 0.15) is 17.3 Å². The highest BCUT2D eigenvalue weighted by Gasteiger charge is 2.09. The van der Waals surface area contributed by atoms with Crippen LogP contribution in [0, 0.1) is 0 Å². The Morgan fingerprint density at radius 1 is 1.50 bits per heavy atom. The molecule has 0 bridgehead atoms. The second kappa shape index (κ2) is 6.37. The van der Waals surface area contributed by atoms with Crippen molar-refractivity contribution < 1.29 is 0 Å². The molecule has 1 atom stereocenters. The molecule has 0 radical (unpaired) electrons. The average Bonchev–Trinajstić information content (AvgIpc) is 2.22. The minimum absolute atomic E-state index is 0.338. The Morgan fingerprint density at radius 3 is 2.81 bits per heavy atom. The molecule has 6 heteroatoms. The summed E-state index contributed by atoms with van der Waals surface area (Å²) in [7, 11) is 4.12. The van der Waals surface area contributed by atoms with Gasteiger partial charge in [-0.25, -0.2) is 9.97 Å². The molecule has 1 aromatic rings. The first-order valence-corrected chi connectivity index (χ1v) is 6.25. The second-order valence-corrected chi connectivity index (χ2v) is 5.12. The maximum absolute atomic E-state index is 5.88. The molecule has 4 nitrogen and oxygen atoms in total. The van der Waals surface area contributed by atoms with Crippen LogP contribution < -0.4 is 5.32 Å². The summed E-state index contributed by atoms with van der Waals surface area (Å²) >= 11 is 9.24. The fourth-order valence-corrected chi connectivity index (χ4v) is 1.66. The van der Waals surface area contributed by atoms with E-state index in [1.165, 1.54) is 6.33 Å². The van der Waals surface area contributed by atoms with E-state index in [1.807, 2.05) is 0 Å². The van der Waals surface area contributed by atoms with Gasteiger partial charge < -0.3 is 10.2 Å². The molecule has 0 amide bonds. The first kappa shape index (κ1) is 13.7. The number of halogens is 2. The van der Waals surface area contributed by atoms with Crippen LogP contribution in [-0.4, -0.2) is 41.5 Å². The van der Waals surface area contributed by atoms with E-state index in [4.69, 9.17) is 11.6 Å². The third-order valence-corrected chi connectivity index (χ3v) is 3.41. The number of hydrogen-bond acceptors (Lipinski definition) is 4. The molecule has 0 aliphatic heterocycles. The molecule has 0 spiro atoms. The number of aromatic nitrogens is 2. The highest BCUT2D eigenvalue weighted by molar-refractivity contribution is 9.10. The van der Waals surface area contributed by atoms with E-state index in [9.17, 15) is 0 Å². The second-order valence-electron chi connectivity index (χ2n) is 3.96.